The van der Waals surface area contributed by atoms with Gasteiger partial charge in [0.2, 0.25) is 0 Å². The lowest BCUT2D eigenvalue weighted by atomic mass is 9.70. The minimum atomic E-state index is -0.754. The Balaban J connectivity index is 1.96. The van der Waals surface area contributed by atoms with Crippen molar-refractivity contribution in [1.29, 1.82) is 0 Å². The van der Waals surface area contributed by atoms with Crippen molar-refractivity contribution in [2.45, 2.75) is 43.6 Å². The van der Waals surface area contributed by atoms with E-state index in [4.69, 9.17) is 14.6 Å². The van der Waals surface area contributed by atoms with Crippen LogP contribution in [-0.4, -0.2) is 23.8 Å². The van der Waals surface area contributed by atoms with Crippen molar-refractivity contribution in [2.75, 3.05) is 7.11 Å². The molecule has 0 amide bonds. The summed E-state index contributed by atoms with van der Waals surface area (Å²) in [6, 6.07) is 5.69. The maximum absolute atomic E-state index is 11.1. The molecule has 0 radical (unpaired) electrons. The fourth-order valence-corrected chi connectivity index (χ4v) is 3.17. The summed E-state index contributed by atoms with van der Waals surface area (Å²) in [4.78, 5) is 11.1. The van der Waals surface area contributed by atoms with Crippen molar-refractivity contribution in [3.8, 4) is 11.5 Å². The SMILES string of the molecule is COc1ccc2c(c1)C(CC(=O)O)CC1(CCC1)O2. The number of carboxylic acid groups (broad SMARTS) is 1. The summed E-state index contributed by atoms with van der Waals surface area (Å²) in [5.41, 5.74) is 0.862. The monoisotopic (exact) mass is 262 g/mol. The van der Waals surface area contributed by atoms with Gasteiger partial charge in [-0.25, -0.2) is 0 Å². The van der Waals surface area contributed by atoms with Crippen LogP contribution in [0.25, 0.3) is 0 Å². The largest absolute Gasteiger partial charge is 0.497 e. The zero-order valence-corrected chi connectivity index (χ0v) is 11.0. The number of fused-ring (bicyclic) bond motifs is 1. The first-order valence-electron chi connectivity index (χ1n) is 6.71. The Morgan fingerprint density at radius 1 is 1.53 bits per heavy atom. The van der Waals surface area contributed by atoms with Gasteiger partial charge in [-0.1, -0.05) is 0 Å². The number of ether oxygens (including phenoxy) is 2. The summed E-state index contributed by atoms with van der Waals surface area (Å²) >= 11 is 0. The highest BCUT2D eigenvalue weighted by Gasteiger charge is 2.45. The first-order chi connectivity index (χ1) is 9.12. The smallest absolute Gasteiger partial charge is 0.303 e. The third-order valence-corrected chi connectivity index (χ3v) is 4.29. The summed E-state index contributed by atoms with van der Waals surface area (Å²) in [6.07, 6.45) is 4.21. The topological polar surface area (TPSA) is 55.8 Å². The molecule has 4 nitrogen and oxygen atoms in total. The normalized spacial score (nSPS) is 23.1. The number of aliphatic carboxylic acids is 1. The number of benzene rings is 1. The van der Waals surface area contributed by atoms with E-state index in [1.165, 1.54) is 6.42 Å². The Kier molecular flexibility index (Phi) is 2.88. The molecule has 0 bridgehead atoms. The van der Waals surface area contributed by atoms with Gasteiger partial charge in [-0.05, 0) is 43.9 Å². The summed E-state index contributed by atoms with van der Waals surface area (Å²) in [7, 11) is 1.62. The third-order valence-electron chi connectivity index (χ3n) is 4.29. The minimum Gasteiger partial charge on any atom is -0.497 e. The number of rotatable bonds is 3. The van der Waals surface area contributed by atoms with Crippen molar-refractivity contribution in [2.24, 2.45) is 0 Å². The van der Waals surface area contributed by atoms with Crippen LogP contribution in [0.2, 0.25) is 0 Å². The molecule has 0 saturated heterocycles. The van der Waals surface area contributed by atoms with Gasteiger partial charge in [-0.3, -0.25) is 4.79 Å². The molecule has 1 heterocycles. The summed E-state index contributed by atoms with van der Waals surface area (Å²) in [5.74, 6) is 0.854. The van der Waals surface area contributed by atoms with Gasteiger partial charge in [0.05, 0.1) is 13.5 Å². The summed E-state index contributed by atoms with van der Waals surface area (Å²) in [6.45, 7) is 0. The second-order valence-corrected chi connectivity index (χ2v) is 5.54. The molecular weight excluding hydrogens is 244 g/mol. The highest BCUT2D eigenvalue weighted by Crippen LogP contribution is 2.51. The van der Waals surface area contributed by atoms with Gasteiger partial charge >= 0.3 is 5.97 Å². The standard InChI is InChI=1S/C15H18O4/c1-18-11-3-4-13-12(8-11)10(7-14(16)17)9-15(19-13)5-2-6-15/h3-4,8,10H,2,5-7,9H2,1H3,(H,16,17). The Morgan fingerprint density at radius 2 is 2.32 bits per heavy atom. The van der Waals surface area contributed by atoms with Crippen LogP contribution in [0.4, 0.5) is 0 Å². The highest BCUT2D eigenvalue weighted by atomic mass is 16.5. The molecular formula is C15H18O4. The van der Waals surface area contributed by atoms with Crippen LogP contribution in [0.1, 0.15) is 43.6 Å². The Morgan fingerprint density at radius 3 is 2.89 bits per heavy atom. The van der Waals surface area contributed by atoms with Crippen LogP contribution in [0.15, 0.2) is 18.2 Å². The van der Waals surface area contributed by atoms with Crippen molar-refractivity contribution >= 4 is 5.97 Å². The van der Waals surface area contributed by atoms with Gasteiger partial charge in [0, 0.05) is 11.5 Å². The summed E-state index contributed by atoms with van der Waals surface area (Å²) in [5, 5.41) is 9.11. The van der Waals surface area contributed by atoms with E-state index < -0.39 is 5.97 Å². The van der Waals surface area contributed by atoms with Crippen LogP contribution >= 0.6 is 0 Å². The molecule has 1 aliphatic heterocycles. The molecule has 102 valence electrons. The van der Waals surface area contributed by atoms with Gasteiger partial charge in [0.1, 0.15) is 17.1 Å². The zero-order valence-electron chi connectivity index (χ0n) is 11.0. The molecule has 1 atom stereocenters. The average molecular weight is 262 g/mol. The molecule has 4 heteroatoms. The van der Waals surface area contributed by atoms with Crippen LogP contribution in [-0.2, 0) is 4.79 Å². The van der Waals surface area contributed by atoms with Gasteiger partial charge in [0.25, 0.3) is 0 Å². The van der Waals surface area contributed by atoms with E-state index in [1.807, 2.05) is 18.2 Å². The molecule has 1 unspecified atom stereocenters. The van der Waals surface area contributed by atoms with E-state index in [0.29, 0.717) is 0 Å². The first-order valence-corrected chi connectivity index (χ1v) is 6.71. The minimum absolute atomic E-state index is 0.0247. The van der Waals surface area contributed by atoms with E-state index in [2.05, 4.69) is 0 Å². The van der Waals surface area contributed by atoms with Gasteiger partial charge in [-0.15, -0.1) is 0 Å². The van der Waals surface area contributed by atoms with Gasteiger partial charge in [0.15, 0.2) is 0 Å². The molecule has 19 heavy (non-hydrogen) atoms. The molecule has 2 aliphatic rings. The van der Waals surface area contributed by atoms with Gasteiger partial charge in [-0.2, -0.15) is 0 Å². The number of methoxy groups -OCH3 is 1. The number of carboxylic acids is 1. The molecule has 0 aromatic heterocycles. The van der Waals surface area contributed by atoms with E-state index in [1.54, 1.807) is 7.11 Å². The molecule has 1 N–H and O–H groups in total. The second-order valence-electron chi connectivity index (χ2n) is 5.54. The summed E-state index contributed by atoms with van der Waals surface area (Å²) < 4.78 is 11.3. The fraction of sp³-hybridized carbons (Fsp3) is 0.533. The third kappa shape index (κ3) is 2.15. The maximum atomic E-state index is 11.1. The number of hydrogen-bond acceptors (Lipinski definition) is 3. The molecule has 1 aromatic carbocycles. The number of hydrogen-bond donors (Lipinski definition) is 1. The van der Waals surface area contributed by atoms with Crippen molar-refractivity contribution in [3.63, 3.8) is 0 Å². The fourth-order valence-electron chi connectivity index (χ4n) is 3.17. The van der Waals surface area contributed by atoms with Crippen LogP contribution < -0.4 is 9.47 Å². The Labute approximate surface area is 112 Å². The van der Waals surface area contributed by atoms with E-state index in [-0.39, 0.29) is 17.9 Å². The predicted molar refractivity (Wildman–Crippen MR) is 69.8 cm³/mol. The van der Waals surface area contributed by atoms with E-state index in [0.717, 1.165) is 36.3 Å². The maximum Gasteiger partial charge on any atom is 0.303 e. The predicted octanol–water partition coefficient (Wildman–Crippen LogP) is 2.96. The highest BCUT2D eigenvalue weighted by molar-refractivity contribution is 5.68. The molecule has 1 saturated carbocycles. The van der Waals surface area contributed by atoms with Crippen LogP contribution in [0.5, 0.6) is 11.5 Å². The Bertz CT molecular complexity index is 505. The lowest BCUT2D eigenvalue weighted by Gasteiger charge is -2.47. The van der Waals surface area contributed by atoms with Crippen molar-refractivity contribution < 1.29 is 19.4 Å². The molecule has 1 fully saturated rings. The van der Waals surface area contributed by atoms with Gasteiger partial charge < -0.3 is 14.6 Å². The van der Waals surface area contributed by atoms with Crippen LogP contribution in [0, 0.1) is 0 Å². The average Bonchev–Trinajstić information content (AvgIpc) is 2.35. The van der Waals surface area contributed by atoms with E-state index in [9.17, 15) is 4.79 Å². The quantitative estimate of drug-likeness (QED) is 0.909. The van der Waals surface area contributed by atoms with Crippen molar-refractivity contribution in [3.05, 3.63) is 23.8 Å². The molecule has 1 spiro atoms. The van der Waals surface area contributed by atoms with E-state index >= 15 is 0 Å². The molecule has 1 aromatic rings. The Hall–Kier alpha value is -1.71. The molecule has 1 aliphatic carbocycles. The zero-order chi connectivity index (χ0) is 13.5. The van der Waals surface area contributed by atoms with Crippen molar-refractivity contribution in [1.82, 2.24) is 0 Å². The first kappa shape index (κ1) is 12.3. The van der Waals surface area contributed by atoms with Crippen LogP contribution in [0.3, 0.4) is 0 Å². The lowest BCUT2D eigenvalue weighted by Crippen LogP contribution is -2.47. The lowest BCUT2D eigenvalue weighted by molar-refractivity contribution is -0.138. The second kappa shape index (κ2) is 4.44. The molecule has 3 rings (SSSR count). The number of carbonyl (C=O) groups is 1.